The molecule has 0 unspecified atom stereocenters. The van der Waals surface area contributed by atoms with Crippen LogP contribution in [0.25, 0.3) is 11.1 Å². The Bertz CT molecular complexity index is 1130. The van der Waals surface area contributed by atoms with Crippen LogP contribution in [0.15, 0.2) is 43.0 Å². The summed E-state index contributed by atoms with van der Waals surface area (Å²) < 4.78 is 2.10. The van der Waals surface area contributed by atoms with Gasteiger partial charge in [0.05, 0.1) is 23.5 Å². The van der Waals surface area contributed by atoms with Crippen molar-refractivity contribution in [2.75, 3.05) is 43.4 Å². The lowest BCUT2D eigenvalue weighted by molar-refractivity contribution is 0.187. The first-order valence-electron chi connectivity index (χ1n) is 12.1. The van der Waals surface area contributed by atoms with Crippen LogP contribution in [-0.4, -0.2) is 63.4 Å². The molecule has 0 amide bonds. The fourth-order valence-electron chi connectivity index (χ4n) is 4.69. The molecule has 3 aromatic rings. The van der Waals surface area contributed by atoms with Crippen molar-refractivity contribution in [3.63, 3.8) is 0 Å². The van der Waals surface area contributed by atoms with Crippen LogP contribution in [-0.2, 0) is 0 Å². The van der Waals surface area contributed by atoms with Crippen molar-refractivity contribution in [2.45, 2.75) is 38.3 Å². The van der Waals surface area contributed by atoms with Crippen molar-refractivity contribution < 1.29 is 0 Å². The lowest BCUT2D eigenvalue weighted by Gasteiger charge is -2.31. The lowest BCUT2D eigenvalue weighted by atomic mass is 10.1. The largest absolute Gasteiger partial charge is 0.380 e. The summed E-state index contributed by atoms with van der Waals surface area (Å²) in [6.07, 6.45) is 11.0. The Labute approximate surface area is 200 Å². The van der Waals surface area contributed by atoms with E-state index in [1.54, 1.807) is 0 Å². The Balaban J connectivity index is 1.24. The minimum Gasteiger partial charge on any atom is -0.380 e. The molecule has 0 saturated carbocycles. The van der Waals surface area contributed by atoms with Crippen LogP contribution in [0.3, 0.4) is 0 Å². The van der Waals surface area contributed by atoms with Crippen molar-refractivity contribution in [2.24, 2.45) is 0 Å². The fraction of sp³-hybridized carbons (Fsp3) is 0.440. The third-order valence-corrected chi connectivity index (χ3v) is 6.78. The van der Waals surface area contributed by atoms with E-state index in [2.05, 4.69) is 59.8 Å². The van der Waals surface area contributed by atoms with Gasteiger partial charge in [0.1, 0.15) is 6.07 Å². The van der Waals surface area contributed by atoms with Crippen LogP contribution in [0.1, 0.15) is 37.8 Å². The molecule has 4 heterocycles. The van der Waals surface area contributed by atoms with E-state index in [0.717, 1.165) is 74.5 Å². The fourth-order valence-corrected chi connectivity index (χ4v) is 4.69. The summed E-state index contributed by atoms with van der Waals surface area (Å²) in [7, 11) is 0. The van der Waals surface area contributed by atoms with E-state index in [4.69, 9.17) is 0 Å². The first-order chi connectivity index (χ1) is 16.7. The number of aromatic nitrogens is 4. The van der Waals surface area contributed by atoms with Gasteiger partial charge in [0.25, 0.3) is 0 Å². The topological polar surface area (TPSA) is 107 Å². The zero-order valence-electron chi connectivity index (χ0n) is 19.5. The lowest BCUT2D eigenvalue weighted by Crippen LogP contribution is -2.34. The second-order valence-corrected chi connectivity index (χ2v) is 9.00. The average molecular weight is 458 g/mol. The molecule has 0 spiro atoms. The maximum atomic E-state index is 9.46. The van der Waals surface area contributed by atoms with Crippen LogP contribution in [0.2, 0.25) is 0 Å². The number of anilines is 3. The average Bonchev–Trinajstić information content (AvgIpc) is 3.58. The van der Waals surface area contributed by atoms with Gasteiger partial charge in [0, 0.05) is 61.1 Å². The number of rotatable bonds is 7. The molecule has 1 aromatic carbocycles. The second kappa shape index (κ2) is 10.2. The van der Waals surface area contributed by atoms with E-state index in [1.165, 1.54) is 0 Å². The summed E-state index contributed by atoms with van der Waals surface area (Å²) >= 11 is 0. The maximum Gasteiger partial charge on any atom is 0.227 e. The summed E-state index contributed by atoms with van der Waals surface area (Å²) in [5.74, 6) is 0.515. The van der Waals surface area contributed by atoms with Gasteiger partial charge in [0.2, 0.25) is 5.95 Å². The monoisotopic (exact) mass is 457 g/mol. The van der Waals surface area contributed by atoms with Gasteiger partial charge in [-0.15, -0.1) is 0 Å². The Morgan fingerprint density at radius 1 is 1.12 bits per heavy atom. The van der Waals surface area contributed by atoms with Crippen molar-refractivity contribution >= 4 is 17.3 Å². The number of hydrogen-bond acceptors (Lipinski definition) is 8. The van der Waals surface area contributed by atoms with Gasteiger partial charge in [-0.3, -0.25) is 4.68 Å². The smallest absolute Gasteiger partial charge is 0.227 e. The Morgan fingerprint density at radius 2 is 1.94 bits per heavy atom. The standard InChI is InChI=1S/C25H31N9/c1-2-33-9-6-23(7-10-33)34-17-20(15-30-34)19-13-28-25(29-14-19)32-21-4-3-18(12-26)24(11-21)31-22-5-8-27-16-22/h3-4,11,13-15,17,22-23,27,31H,2,5-10,16H2,1H3,(H,28,29,32)/t22-/m1/s1. The van der Waals surface area contributed by atoms with Gasteiger partial charge in [-0.1, -0.05) is 6.92 Å². The number of nitrogens with one attached hydrogen (secondary N) is 3. The first-order valence-corrected chi connectivity index (χ1v) is 12.1. The number of piperidine rings is 1. The highest BCUT2D eigenvalue weighted by molar-refractivity contribution is 5.68. The molecule has 0 radical (unpaired) electrons. The summed E-state index contributed by atoms with van der Waals surface area (Å²) in [6, 6.07) is 8.70. The van der Waals surface area contributed by atoms with Crippen LogP contribution in [0, 0.1) is 11.3 Å². The molecule has 176 valence electrons. The molecule has 9 heteroatoms. The van der Waals surface area contributed by atoms with Crippen molar-refractivity contribution in [1.29, 1.82) is 5.26 Å². The minimum absolute atomic E-state index is 0.331. The Hall–Kier alpha value is -3.48. The zero-order valence-corrected chi connectivity index (χ0v) is 19.5. The Morgan fingerprint density at radius 3 is 2.65 bits per heavy atom. The van der Waals surface area contributed by atoms with Crippen molar-refractivity contribution in [1.82, 2.24) is 30.0 Å². The van der Waals surface area contributed by atoms with E-state index in [-0.39, 0.29) is 0 Å². The minimum atomic E-state index is 0.331. The summed E-state index contributed by atoms with van der Waals surface area (Å²) in [4.78, 5) is 11.5. The van der Waals surface area contributed by atoms with E-state index < -0.39 is 0 Å². The first kappa shape index (κ1) is 22.3. The molecule has 34 heavy (non-hydrogen) atoms. The predicted molar refractivity (Wildman–Crippen MR) is 133 cm³/mol. The molecule has 2 saturated heterocycles. The third kappa shape index (κ3) is 5.03. The highest BCUT2D eigenvalue weighted by atomic mass is 15.3. The zero-order chi connectivity index (χ0) is 23.3. The molecule has 5 rings (SSSR count). The maximum absolute atomic E-state index is 9.46. The van der Waals surface area contributed by atoms with Crippen molar-refractivity contribution in [3.05, 3.63) is 48.5 Å². The molecule has 2 aromatic heterocycles. The van der Waals surface area contributed by atoms with E-state index >= 15 is 0 Å². The molecule has 2 fully saturated rings. The number of benzene rings is 1. The van der Waals surface area contributed by atoms with Crippen LogP contribution in [0.5, 0.6) is 0 Å². The summed E-state index contributed by atoms with van der Waals surface area (Å²) in [5, 5.41) is 24.1. The number of nitrogens with zero attached hydrogens (tertiary/aromatic N) is 6. The van der Waals surface area contributed by atoms with Gasteiger partial charge in [-0.25, -0.2) is 9.97 Å². The molecular weight excluding hydrogens is 426 g/mol. The van der Waals surface area contributed by atoms with Gasteiger partial charge >= 0.3 is 0 Å². The van der Waals surface area contributed by atoms with E-state index in [9.17, 15) is 5.26 Å². The molecule has 3 N–H and O–H groups in total. The van der Waals surface area contributed by atoms with Gasteiger partial charge in [-0.05, 0) is 50.6 Å². The van der Waals surface area contributed by atoms with Crippen LogP contribution < -0.4 is 16.0 Å². The van der Waals surface area contributed by atoms with Gasteiger partial charge in [0.15, 0.2) is 0 Å². The number of hydrogen-bond donors (Lipinski definition) is 3. The van der Waals surface area contributed by atoms with Gasteiger partial charge in [-0.2, -0.15) is 10.4 Å². The molecule has 2 aliphatic heterocycles. The molecule has 2 aliphatic rings. The van der Waals surface area contributed by atoms with E-state index in [1.807, 2.05) is 36.8 Å². The van der Waals surface area contributed by atoms with Crippen LogP contribution >= 0.6 is 0 Å². The highest BCUT2D eigenvalue weighted by Gasteiger charge is 2.20. The second-order valence-electron chi connectivity index (χ2n) is 9.00. The molecule has 0 aliphatic carbocycles. The molecule has 1 atom stereocenters. The molecule has 0 bridgehead atoms. The molecular formula is C25H31N9. The summed E-state index contributed by atoms with van der Waals surface area (Å²) in [6.45, 7) is 7.49. The van der Waals surface area contributed by atoms with E-state index in [0.29, 0.717) is 23.6 Å². The van der Waals surface area contributed by atoms with Gasteiger partial charge < -0.3 is 20.9 Å². The third-order valence-electron chi connectivity index (χ3n) is 6.78. The Kier molecular flexibility index (Phi) is 6.70. The normalized spacial score (nSPS) is 19.1. The number of likely N-dealkylation sites (tertiary alicyclic amines) is 1. The van der Waals surface area contributed by atoms with Crippen molar-refractivity contribution in [3.8, 4) is 17.2 Å². The SMILES string of the molecule is CCN1CCC(n2cc(-c3cnc(Nc4ccc(C#N)c(N[C@@H]5CCNC5)c4)nc3)cn2)CC1. The number of nitriles is 1. The quantitative estimate of drug-likeness (QED) is 0.496. The summed E-state index contributed by atoms with van der Waals surface area (Å²) in [5.41, 5.74) is 4.27. The van der Waals surface area contributed by atoms with Crippen LogP contribution in [0.4, 0.5) is 17.3 Å². The molecule has 9 nitrogen and oxygen atoms in total. The predicted octanol–water partition coefficient (Wildman–Crippen LogP) is 3.39. The highest BCUT2D eigenvalue weighted by Crippen LogP contribution is 2.26.